The number of benzene rings is 2. The predicted molar refractivity (Wildman–Crippen MR) is 163 cm³/mol. The molecule has 2 amide bonds. The molecule has 1 N–H and O–H groups in total. The molecule has 214 valence electrons. The van der Waals surface area contributed by atoms with Gasteiger partial charge in [-0.2, -0.15) is 4.31 Å². The highest BCUT2D eigenvalue weighted by Crippen LogP contribution is 2.23. The third-order valence-electron chi connectivity index (χ3n) is 6.76. The van der Waals surface area contributed by atoms with Gasteiger partial charge in [0.25, 0.3) is 0 Å². The molecule has 3 rings (SSSR count). The maximum absolute atomic E-state index is 13.6. The highest BCUT2D eigenvalue weighted by molar-refractivity contribution is 14.1. The Kier molecular flexibility index (Phi) is 11.6. The Balaban J connectivity index is 1.81. The van der Waals surface area contributed by atoms with Gasteiger partial charge in [-0.15, -0.1) is 0 Å². The van der Waals surface area contributed by atoms with Crippen LogP contribution in [0.1, 0.15) is 32.3 Å². The quantitative estimate of drug-likeness (QED) is 0.350. The second-order valence-corrected chi connectivity index (χ2v) is 13.1. The third-order valence-corrected chi connectivity index (χ3v) is 9.41. The number of amides is 2. The molecule has 9 nitrogen and oxygen atoms in total. The lowest BCUT2D eigenvalue weighted by Crippen LogP contribution is -2.62. The minimum Gasteiger partial charge on any atom is -0.378 e. The molecule has 0 spiro atoms. The van der Waals surface area contributed by atoms with Crippen LogP contribution in [0.25, 0.3) is 0 Å². The van der Waals surface area contributed by atoms with Gasteiger partial charge < -0.3 is 15.1 Å². The second kappa shape index (κ2) is 14.4. The molecule has 0 saturated carbocycles. The summed E-state index contributed by atoms with van der Waals surface area (Å²) in [6, 6.07) is 13.4. The van der Waals surface area contributed by atoms with Gasteiger partial charge in [-0.05, 0) is 90.5 Å². The number of hydrogen-bond donors (Lipinski definition) is 1. The molecule has 1 fully saturated rings. The van der Waals surface area contributed by atoms with E-state index < -0.39 is 22.0 Å². The zero-order chi connectivity index (χ0) is 28.6. The lowest BCUT2D eigenvalue weighted by atomic mass is 10.1. The first-order valence-electron chi connectivity index (χ1n) is 13.4. The van der Waals surface area contributed by atoms with Crippen molar-refractivity contribution in [1.82, 2.24) is 19.4 Å². The van der Waals surface area contributed by atoms with E-state index in [1.54, 1.807) is 29.2 Å². The minimum atomic E-state index is -3.95. The van der Waals surface area contributed by atoms with E-state index in [1.165, 1.54) is 4.31 Å². The fourth-order valence-electron chi connectivity index (χ4n) is 4.65. The van der Waals surface area contributed by atoms with Crippen LogP contribution in [0.15, 0.2) is 53.4 Å². The molecule has 2 aromatic rings. The summed E-state index contributed by atoms with van der Waals surface area (Å²) in [5, 5.41) is 2.91. The number of halogens is 1. The summed E-state index contributed by atoms with van der Waals surface area (Å²) in [5.74, 6) is -0.502. The van der Waals surface area contributed by atoms with Crippen LogP contribution in [0.2, 0.25) is 0 Å². The summed E-state index contributed by atoms with van der Waals surface area (Å²) in [6.07, 6.45) is 1.88. The lowest BCUT2D eigenvalue weighted by molar-refractivity contribution is -0.137. The molecule has 39 heavy (non-hydrogen) atoms. The van der Waals surface area contributed by atoms with E-state index in [0.29, 0.717) is 0 Å². The van der Waals surface area contributed by atoms with Crippen molar-refractivity contribution in [2.75, 3.05) is 58.3 Å². The Morgan fingerprint density at radius 2 is 1.59 bits per heavy atom. The third kappa shape index (κ3) is 8.38. The van der Waals surface area contributed by atoms with Gasteiger partial charge in [-0.25, -0.2) is 8.42 Å². The van der Waals surface area contributed by atoms with Gasteiger partial charge in [0.2, 0.25) is 21.8 Å². The summed E-state index contributed by atoms with van der Waals surface area (Å²) in [5.41, 5.74) is 1.95. The van der Waals surface area contributed by atoms with Gasteiger partial charge in [0, 0.05) is 49.5 Å². The van der Waals surface area contributed by atoms with Crippen molar-refractivity contribution in [1.29, 1.82) is 0 Å². The number of carbonyl (C=O) groups is 2. The molecule has 0 aromatic heterocycles. The maximum Gasteiger partial charge on any atom is 0.243 e. The monoisotopic (exact) mass is 669 g/mol. The first kappa shape index (κ1) is 31.3. The standard InChI is InChI=1S/C28H40IN5O4S/c1-5-15-32(16-6-2)21-27(35)33-17-18-34(39(37,38)25-13-9-23(29)10-14-25)26(20-33)28(36)30-19-22-7-11-24(12-8-22)31(3)4/h7-14,26H,5-6,15-21H2,1-4H3,(H,30,36). The number of anilines is 1. The molecular weight excluding hydrogens is 629 g/mol. The van der Waals surface area contributed by atoms with Gasteiger partial charge in [-0.1, -0.05) is 26.0 Å². The summed E-state index contributed by atoms with van der Waals surface area (Å²) in [6.45, 7) is 6.62. The van der Waals surface area contributed by atoms with Crippen LogP contribution in [-0.4, -0.2) is 93.7 Å². The fourth-order valence-corrected chi connectivity index (χ4v) is 6.58. The van der Waals surface area contributed by atoms with Crippen molar-refractivity contribution in [3.63, 3.8) is 0 Å². The Morgan fingerprint density at radius 1 is 0.974 bits per heavy atom. The highest BCUT2D eigenvalue weighted by Gasteiger charge is 2.41. The normalized spacial score (nSPS) is 16.4. The van der Waals surface area contributed by atoms with Crippen molar-refractivity contribution in [2.45, 2.75) is 44.2 Å². The van der Waals surface area contributed by atoms with Crippen LogP contribution in [0.5, 0.6) is 0 Å². The molecular formula is C28H40IN5O4S. The topological polar surface area (TPSA) is 93.3 Å². The zero-order valence-electron chi connectivity index (χ0n) is 23.3. The number of piperazine rings is 1. The zero-order valence-corrected chi connectivity index (χ0v) is 26.2. The van der Waals surface area contributed by atoms with Gasteiger partial charge in [0.1, 0.15) is 6.04 Å². The van der Waals surface area contributed by atoms with Crippen LogP contribution in [0.3, 0.4) is 0 Å². The molecule has 1 heterocycles. The van der Waals surface area contributed by atoms with E-state index in [-0.39, 0.29) is 43.5 Å². The van der Waals surface area contributed by atoms with Crippen molar-refractivity contribution < 1.29 is 18.0 Å². The lowest BCUT2D eigenvalue weighted by Gasteiger charge is -2.40. The highest BCUT2D eigenvalue weighted by atomic mass is 127. The van der Waals surface area contributed by atoms with Crippen LogP contribution in [0, 0.1) is 3.57 Å². The van der Waals surface area contributed by atoms with Gasteiger partial charge in [-0.3, -0.25) is 14.5 Å². The fraction of sp³-hybridized carbons (Fsp3) is 0.500. The molecule has 0 radical (unpaired) electrons. The minimum absolute atomic E-state index is 0.0138. The second-order valence-electron chi connectivity index (χ2n) is 9.98. The maximum atomic E-state index is 13.6. The summed E-state index contributed by atoms with van der Waals surface area (Å²) in [7, 11) is -0.0300. The Hall–Kier alpha value is -2.22. The first-order valence-corrected chi connectivity index (χ1v) is 15.9. The van der Waals surface area contributed by atoms with Crippen molar-refractivity contribution >= 4 is 50.1 Å². The molecule has 1 aliphatic rings. The van der Waals surface area contributed by atoms with Crippen LogP contribution in [0.4, 0.5) is 5.69 Å². The van der Waals surface area contributed by atoms with E-state index in [1.807, 2.05) is 43.3 Å². The van der Waals surface area contributed by atoms with E-state index in [9.17, 15) is 18.0 Å². The molecule has 1 aliphatic heterocycles. The molecule has 2 aromatic carbocycles. The summed E-state index contributed by atoms with van der Waals surface area (Å²) in [4.78, 5) is 32.6. The van der Waals surface area contributed by atoms with Gasteiger partial charge in [0.15, 0.2) is 0 Å². The molecule has 0 bridgehead atoms. The van der Waals surface area contributed by atoms with Crippen molar-refractivity contribution in [3.8, 4) is 0 Å². The number of hydrogen-bond acceptors (Lipinski definition) is 6. The smallest absolute Gasteiger partial charge is 0.243 e. The Labute approximate surface area is 246 Å². The predicted octanol–water partition coefficient (Wildman–Crippen LogP) is 3.00. The SMILES string of the molecule is CCCN(CCC)CC(=O)N1CCN(S(=O)(=O)c2ccc(I)cc2)C(C(=O)NCc2ccc(N(C)C)cc2)C1. The Bertz CT molecular complexity index is 1200. The average Bonchev–Trinajstić information content (AvgIpc) is 2.92. The van der Waals surface area contributed by atoms with E-state index in [0.717, 1.165) is 40.8 Å². The number of sulfonamides is 1. The van der Waals surface area contributed by atoms with Crippen molar-refractivity contribution in [3.05, 3.63) is 57.7 Å². The molecule has 1 atom stereocenters. The number of nitrogens with one attached hydrogen (secondary N) is 1. The number of carbonyl (C=O) groups excluding carboxylic acids is 2. The average molecular weight is 670 g/mol. The van der Waals surface area contributed by atoms with E-state index in [4.69, 9.17) is 0 Å². The summed E-state index contributed by atoms with van der Waals surface area (Å²) >= 11 is 2.12. The molecule has 1 unspecified atom stereocenters. The van der Waals surface area contributed by atoms with Crippen LogP contribution >= 0.6 is 22.6 Å². The number of nitrogens with zero attached hydrogens (tertiary/aromatic N) is 4. The molecule has 0 aliphatic carbocycles. The van der Waals surface area contributed by atoms with Crippen LogP contribution in [-0.2, 0) is 26.2 Å². The van der Waals surface area contributed by atoms with Crippen LogP contribution < -0.4 is 10.2 Å². The van der Waals surface area contributed by atoms with Gasteiger partial charge in [0.05, 0.1) is 11.4 Å². The Morgan fingerprint density at radius 3 is 2.15 bits per heavy atom. The van der Waals surface area contributed by atoms with E-state index >= 15 is 0 Å². The van der Waals surface area contributed by atoms with E-state index in [2.05, 4.69) is 46.7 Å². The first-order chi connectivity index (χ1) is 18.6. The van der Waals surface area contributed by atoms with Gasteiger partial charge >= 0.3 is 0 Å². The molecule has 1 saturated heterocycles. The molecule has 11 heteroatoms. The van der Waals surface area contributed by atoms with Crippen molar-refractivity contribution in [2.24, 2.45) is 0 Å². The number of rotatable bonds is 12. The largest absolute Gasteiger partial charge is 0.378 e. The summed E-state index contributed by atoms with van der Waals surface area (Å²) < 4.78 is 29.4.